The molecule has 1 N–H and O–H groups in total. The van der Waals surface area contributed by atoms with E-state index in [2.05, 4.69) is 15.0 Å². The smallest absolute Gasteiger partial charge is 0.387 e. The predicted molar refractivity (Wildman–Crippen MR) is 106 cm³/mol. The topological polar surface area (TPSA) is 85.4 Å². The molecule has 6 nitrogen and oxygen atoms in total. The lowest BCUT2D eigenvalue weighted by atomic mass is 10.1. The number of thiazole rings is 1. The van der Waals surface area contributed by atoms with Gasteiger partial charge in [-0.1, -0.05) is 19.8 Å². The zero-order chi connectivity index (χ0) is 20.7. The van der Waals surface area contributed by atoms with Gasteiger partial charge in [0.05, 0.1) is 11.4 Å². The Bertz CT molecular complexity index is 897. The highest BCUT2D eigenvalue weighted by atomic mass is 32.2. The van der Waals surface area contributed by atoms with Gasteiger partial charge in [-0.15, -0.1) is 11.3 Å². The maximum Gasteiger partial charge on any atom is 0.387 e. The van der Waals surface area contributed by atoms with Gasteiger partial charge < -0.3 is 10.1 Å². The van der Waals surface area contributed by atoms with E-state index in [9.17, 15) is 22.0 Å². The van der Waals surface area contributed by atoms with Gasteiger partial charge in [-0.3, -0.25) is 4.79 Å². The summed E-state index contributed by atoms with van der Waals surface area (Å²) in [4.78, 5) is 17.2. The van der Waals surface area contributed by atoms with Crippen molar-refractivity contribution in [1.82, 2.24) is 4.98 Å². The molecule has 0 aliphatic heterocycles. The number of carbonyl (C=O) groups excluding carboxylic acids is 1. The largest absolute Gasteiger partial charge is 0.435 e. The van der Waals surface area contributed by atoms with Crippen LogP contribution in [0.2, 0.25) is 0 Å². The number of aromatic nitrogens is 1. The monoisotopic (exact) mass is 432 g/mol. The fourth-order valence-corrected chi connectivity index (χ4v) is 4.62. The molecule has 0 atom stereocenters. The van der Waals surface area contributed by atoms with Crippen molar-refractivity contribution >= 4 is 32.2 Å². The Balaban J connectivity index is 2.02. The van der Waals surface area contributed by atoms with Gasteiger partial charge in [-0.05, 0) is 37.6 Å². The third kappa shape index (κ3) is 6.83. The molecule has 0 saturated carbocycles. The predicted octanol–water partition coefficient (Wildman–Crippen LogP) is 4.26. The van der Waals surface area contributed by atoms with Gasteiger partial charge >= 0.3 is 6.61 Å². The van der Waals surface area contributed by atoms with Crippen LogP contribution in [0.5, 0.6) is 5.75 Å². The molecule has 0 unspecified atom stereocenters. The molecule has 1 heterocycles. The minimum absolute atomic E-state index is 0.0105. The summed E-state index contributed by atoms with van der Waals surface area (Å²) in [5.74, 6) is -1.18. The van der Waals surface area contributed by atoms with Crippen molar-refractivity contribution < 1.29 is 26.7 Å². The molecule has 1 aromatic carbocycles. The van der Waals surface area contributed by atoms with Crippen molar-refractivity contribution in [3.05, 3.63) is 29.1 Å². The number of sulfone groups is 1. The number of anilines is 1. The summed E-state index contributed by atoms with van der Waals surface area (Å²) < 4.78 is 52.7. The summed E-state index contributed by atoms with van der Waals surface area (Å²) in [7, 11) is -3.45. The minimum atomic E-state index is -3.45. The van der Waals surface area contributed by atoms with Crippen LogP contribution in [0.15, 0.2) is 24.3 Å². The van der Waals surface area contributed by atoms with Gasteiger partial charge in [0.1, 0.15) is 11.5 Å². The Kier molecular flexibility index (Phi) is 7.88. The fourth-order valence-electron chi connectivity index (χ4n) is 2.51. The van der Waals surface area contributed by atoms with Crippen molar-refractivity contribution in [1.29, 1.82) is 0 Å². The number of carbonyl (C=O) groups is 1. The average Bonchev–Trinajstić information content (AvgIpc) is 2.94. The molecule has 2 rings (SSSR count). The Morgan fingerprint density at radius 1 is 1.25 bits per heavy atom. The van der Waals surface area contributed by atoms with Crippen molar-refractivity contribution in [2.45, 2.75) is 39.7 Å². The average molecular weight is 433 g/mol. The van der Waals surface area contributed by atoms with Gasteiger partial charge in [0, 0.05) is 10.4 Å². The Morgan fingerprint density at radius 3 is 2.54 bits per heavy atom. The molecule has 0 bridgehead atoms. The molecule has 1 aromatic heterocycles. The molecule has 2 aromatic rings. The number of halogens is 2. The summed E-state index contributed by atoms with van der Waals surface area (Å²) in [6.07, 6.45) is 2.24. The van der Waals surface area contributed by atoms with E-state index in [1.54, 1.807) is 19.1 Å². The third-order valence-corrected chi connectivity index (χ3v) is 6.30. The number of ether oxygens (including phenoxy) is 1. The first-order chi connectivity index (χ1) is 13.2. The lowest BCUT2D eigenvalue weighted by molar-refractivity contribution is -0.113. The van der Waals surface area contributed by atoms with Crippen LogP contribution in [-0.4, -0.2) is 37.4 Å². The minimum Gasteiger partial charge on any atom is -0.435 e. The molecule has 10 heteroatoms. The number of hydrogen-bond acceptors (Lipinski definition) is 6. The lowest BCUT2D eigenvalue weighted by Gasteiger charge is -2.05. The molecule has 0 saturated heterocycles. The molecule has 0 spiro atoms. The fraction of sp³-hybridized carbons (Fsp3) is 0.444. The third-order valence-electron chi connectivity index (χ3n) is 3.81. The van der Waals surface area contributed by atoms with E-state index in [4.69, 9.17) is 0 Å². The molecular weight excluding hydrogens is 410 g/mol. The number of amides is 1. The molecule has 154 valence electrons. The highest BCUT2D eigenvalue weighted by molar-refractivity contribution is 7.92. The van der Waals surface area contributed by atoms with Crippen LogP contribution in [0.3, 0.4) is 0 Å². The van der Waals surface area contributed by atoms with E-state index < -0.39 is 28.1 Å². The van der Waals surface area contributed by atoms with Crippen LogP contribution in [0.1, 0.15) is 31.1 Å². The Morgan fingerprint density at radius 2 is 1.93 bits per heavy atom. The normalized spacial score (nSPS) is 11.6. The Labute approximate surface area is 166 Å². The van der Waals surface area contributed by atoms with Gasteiger partial charge in [0.25, 0.3) is 0 Å². The van der Waals surface area contributed by atoms with E-state index in [0.29, 0.717) is 17.7 Å². The van der Waals surface area contributed by atoms with Crippen molar-refractivity contribution in [2.75, 3.05) is 16.8 Å². The SMILES string of the molecule is CCCCCS(=O)(=O)CC(=O)Nc1nc(-c2ccc(OC(F)F)cc2)c(C)s1. The van der Waals surface area contributed by atoms with E-state index >= 15 is 0 Å². The number of benzene rings is 1. The maximum atomic E-state index is 12.2. The van der Waals surface area contributed by atoms with Crippen molar-refractivity contribution in [3.8, 4) is 17.0 Å². The number of alkyl halides is 2. The van der Waals surface area contributed by atoms with Gasteiger partial charge in [-0.25, -0.2) is 13.4 Å². The Hall–Kier alpha value is -2.07. The van der Waals surface area contributed by atoms with E-state index in [-0.39, 0.29) is 16.6 Å². The second-order valence-electron chi connectivity index (χ2n) is 6.17. The second-order valence-corrected chi connectivity index (χ2v) is 9.56. The van der Waals surface area contributed by atoms with Crippen molar-refractivity contribution in [2.24, 2.45) is 0 Å². The van der Waals surface area contributed by atoms with E-state index in [1.807, 2.05) is 6.92 Å². The first-order valence-corrected chi connectivity index (χ1v) is 11.4. The maximum absolute atomic E-state index is 12.2. The van der Waals surface area contributed by atoms with Gasteiger partial charge in [0.2, 0.25) is 5.91 Å². The zero-order valence-electron chi connectivity index (χ0n) is 15.6. The summed E-state index contributed by atoms with van der Waals surface area (Å²) >= 11 is 1.21. The van der Waals surface area contributed by atoms with E-state index in [0.717, 1.165) is 17.7 Å². The molecule has 0 radical (unpaired) electrons. The highest BCUT2D eigenvalue weighted by Crippen LogP contribution is 2.31. The van der Waals surface area contributed by atoms with Crippen LogP contribution in [0, 0.1) is 6.92 Å². The standard InChI is InChI=1S/C18H22F2N2O4S2/c1-3-4-5-10-28(24,25)11-15(23)21-18-22-16(12(2)27-18)13-6-8-14(9-7-13)26-17(19)20/h6-9,17H,3-5,10-11H2,1-2H3,(H,21,22,23). The first kappa shape index (κ1) is 22.2. The van der Waals surface area contributed by atoms with Gasteiger partial charge in [-0.2, -0.15) is 8.78 Å². The van der Waals surface area contributed by atoms with Crippen LogP contribution >= 0.6 is 11.3 Å². The molecule has 28 heavy (non-hydrogen) atoms. The number of unbranched alkanes of at least 4 members (excludes halogenated alkanes) is 2. The number of nitrogens with zero attached hydrogens (tertiary/aromatic N) is 1. The van der Waals surface area contributed by atoms with Crippen LogP contribution in [0.25, 0.3) is 11.3 Å². The van der Waals surface area contributed by atoms with Crippen molar-refractivity contribution in [3.63, 3.8) is 0 Å². The molecule has 0 fully saturated rings. The van der Waals surface area contributed by atoms with Gasteiger partial charge in [0.15, 0.2) is 15.0 Å². The first-order valence-electron chi connectivity index (χ1n) is 8.73. The zero-order valence-corrected chi connectivity index (χ0v) is 17.2. The summed E-state index contributed by atoms with van der Waals surface area (Å²) in [5.41, 5.74) is 1.25. The molecular formula is C18H22F2N2O4S2. The quantitative estimate of drug-likeness (QED) is 0.567. The summed E-state index contributed by atoms with van der Waals surface area (Å²) in [6.45, 7) is 0.876. The lowest BCUT2D eigenvalue weighted by Crippen LogP contribution is -2.24. The second kappa shape index (κ2) is 9.92. The number of nitrogens with one attached hydrogen (secondary N) is 1. The molecule has 0 aliphatic carbocycles. The van der Waals surface area contributed by atoms with Crippen LogP contribution < -0.4 is 10.1 Å². The van der Waals surface area contributed by atoms with Crippen LogP contribution in [-0.2, 0) is 14.6 Å². The summed E-state index contributed by atoms with van der Waals surface area (Å²) in [5, 5.41) is 2.81. The molecule has 1 amide bonds. The number of aryl methyl sites for hydroxylation is 1. The highest BCUT2D eigenvalue weighted by Gasteiger charge is 2.18. The summed E-state index contributed by atoms with van der Waals surface area (Å²) in [6, 6.07) is 5.98. The number of rotatable bonds is 10. The van der Waals surface area contributed by atoms with E-state index in [1.165, 1.54) is 23.5 Å². The van der Waals surface area contributed by atoms with Crippen LogP contribution in [0.4, 0.5) is 13.9 Å². The molecule has 0 aliphatic rings. The number of hydrogen-bond donors (Lipinski definition) is 1.